The second-order valence-corrected chi connectivity index (χ2v) is 4.92. The third kappa shape index (κ3) is 3.94. The van der Waals surface area contributed by atoms with E-state index in [-0.39, 0.29) is 6.61 Å². The van der Waals surface area contributed by atoms with E-state index in [4.69, 9.17) is 6.11 Å². The molecule has 0 saturated heterocycles. The van der Waals surface area contributed by atoms with E-state index in [1.807, 2.05) is 38.1 Å². The van der Waals surface area contributed by atoms with Gasteiger partial charge in [0.1, 0.15) is 18.5 Å². The zero-order chi connectivity index (χ0) is 14.5. The van der Waals surface area contributed by atoms with Crippen LogP contribution in [-0.2, 0) is 0 Å². The summed E-state index contributed by atoms with van der Waals surface area (Å²) in [6, 6.07) is 12.0. The van der Waals surface area contributed by atoms with Crippen LogP contribution in [-0.4, -0.2) is 30.4 Å². The van der Waals surface area contributed by atoms with Gasteiger partial charge >= 0.3 is 0 Å². The molecule has 2 aromatic rings. The molecule has 2 N–H and O–H groups in total. The fourth-order valence-electron chi connectivity index (χ4n) is 1.86. The van der Waals surface area contributed by atoms with Crippen molar-refractivity contribution in [2.75, 3.05) is 13.2 Å². The fourth-order valence-corrected chi connectivity index (χ4v) is 1.86. The molecule has 0 aliphatic heterocycles. The van der Waals surface area contributed by atoms with Gasteiger partial charge in [0.05, 0.1) is 1.37 Å². The second kappa shape index (κ2) is 6.55. The van der Waals surface area contributed by atoms with Crippen molar-refractivity contribution in [3.63, 3.8) is 0 Å². The average Bonchev–Trinajstić information content (AvgIpc) is 2.45. The van der Waals surface area contributed by atoms with E-state index in [1.54, 1.807) is 12.1 Å². The molecule has 19 heavy (non-hydrogen) atoms. The molecular formula is C16H21NO2. The number of hydrogen-bond acceptors (Lipinski definition) is 3. The zero-order valence-corrected chi connectivity index (χ0v) is 11.4. The van der Waals surface area contributed by atoms with Gasteiger partial charge in [-0.3, -0.25) is 0 Å². The van der Waals surface area contributed by atoms with Crippen molar-refractivity contribution in [2.45, 2.75) is 26.0 Å². The molecule has 0 radical (unpaired) electrons. The maximum absolute atomic E-state index is 9.86. The molecule has 0 heterocycles. The summed E-state index contributed by atoms with van der Waals surface area (Å²) in [5.74, 6) is 0.709. The van der Waals surface area contributed by atoms with Gasteiger partial charge in [0.25, 0.3) is 0 Å². The van der Waals surface area contributed by atoms with Gasteiger partial charge in [-0.05, 0) is 11.5 Å². The summed E-state index contributed by atoms with van der Waals surface area (Å²) in [4.78, 5) is 0. The van der Waals surface area contributed by atoms with E-state index < -0.39 is 6.10 Å². The van der Waals surface area contributed by atoms with Crippen molar-refractivity contribution in [1.82, 2.24) is 5.32 Å². The SMILES string of the molecule is [3H]c1ccc(OCC(O)CNC(C)C)c2ccccc12. The summed E-state index contributed by atoms with van der Waals surface area (Å²) in [6.07, 6.45) is -0.549. The first kappa shape index (κ1) is 12.5. The van der Waals surface area contributed by atoms with Crippen LogP contribution in [0.25, 0.3) is 10.8 Å². The van der Waals surface area contributed by atoms with Crippen LogP contribution in [0.2, 0.25) is 0 Å². The molecule has 0 aromatic heterocycles. The molecule has 3 heteroatoms. The molecule has 1 unspecified atom stereocenters. The minimum atomic E-state index is -0.549. The predicted octanol–water partition coefficient (Wildman–Crippen LogP) is 2.58. The van der Waals surface area contributed by atoms with Gasteiger partial charge in [0.2, 0.25) is 0 Å². The first-order chi connectivity index (χ1) is 9.58. The molecule has 2 rings (SSSR count). The molecule has 0 aliphatic rings. The highest BCUT2D eigenvalue weighted by Crippen LogP contribution is 2.25. The minimum absolute atomic E-state index is 0.237. The quantitative estimate of drug-likeness (QED) is 0.839. The largest absolute Gasteiger partial charge is 0.490 e. The van der Waals surface area contributed by atoms with Crippen LogP contribution in [0, 0.1) is 0 Å². The first-order valence-electron chi connectivity index (χ1n) is 7.10. The Balaban J connectivity index is 2.05. The molecule has 3 nitrogen and oxygen atoms in total. The summed E-state index contributed by atoms with van der Waals surface area (Å²) < 4.78 is 13.6. The highest BCUT2D eigenvalue weighted by Gasteiger charge is 2.07. The second-order valence-electron chi connectivity index (χ2n) is 4.92. The Hall–Kier alpha value is -1.58. The third-order valence-electron chi connectivity index (χ3n) is 2.86. The maximum atomic E-state index is 9.86. The average molecular weight is 261 g/mol. The van der Waals surface area contributed by atoms with Crippen LogP contribution in [0.4, 0.5) is 0 Å². The molecule has 0 aliphatic carbocycles. The summed E-state index contributed by atoms with van der Waals surface area (Å²) >= 11 is 0. The Bertz CT molecular complexity index is 571. The smallest absolute Gasteiger partial charge is 0.127 e. The van der Waals surface area contributed by atoms with Gasteiger partial charge in [-0.15, -0.1) is 0 Å². The Kier molecular flexibility index (Phi) is 4.29. The number of aliphatic hydroxyl groups is 1. The van der Waals surface area contributed by atoms with Crippen molar-refractivity contribution >= 4 is 10.8 Å². The fraction of sp³-hybridized carbons (Fsp3) is 0.375. The van der Waals surface area contributed by atoms with E-state index in [0.717, 1.165) is 10.8 Å². The van der Waals surface area contributed by atoms with Crippen molar-refractivity contribution in [3.8, 4) is 5.75 Å². The lowest BCUT2D eigenvalue weighted by molar-refractivity contribution is 0.105. The molecule has 102 valence electrons. The third-order valence-corrected chi connectivity index (χ3v) is 2.86. The lowest BCUT2D eigenvalue weighted by Gasteiger charge is -2.15. The predicted molar refractivity (Wildman–Crippen MR) is 78.6 cm³/mol. The highest BCUT2D eigenvalue weighted by atomic mass is 16.5. The van der Waals surface area contributed by atoms with Gasteiger partial charge in [0, 0.05) is 18.0 Å². The molecule has 1 atom stereocenters. The maximum Gasteiger partial charge on any atom is 0.127 e. The molecule has 0 spiro atoms. The summed E-state index contributed by atoms with van der Waals surface area (Å²) in [5.41, 5.74) is 0. The number of fused-ring (bicyclic) bond motifs is 1. The Morgan fingerprint density at radius 3 is 2.84 bits per heavy atom. The van der Waals surface area contributed by atoms with E-state index in [0.29, 0.717) is 24.4 Å². The van der Waals surface area contributed by atoms with Gasteiger partial charge in [-0.2, -0.15) is 0 Å². The van der Waals surface area contributed by atoms with Crippen LogP contribution in [0.3, 0.4) is 0 Å². The van der Waals surface area contributed by atoms with Crippen LogP contribution in [0.15, 0.2) is 42.4 Å². The molecule has 0 bridgehead atoms. The number of benzene rings is 2. The molecule has 0 fully saturated rings. The molecule has 0 amide bonds. The standard InChI is InChI=1S/C16H21NO2/c1-12(2)17-10-14(18)11-19-16-9-5-7-13-6-3-4-8-15(13)16/h3-9,12,14,17-18H,10-11H2,1-2H3/i7T. The van der Waals surface area contributed by atoms with Crippen LogP contribution >= 0.6 is 0 Å². The minimum Gasteiger partial charge on any atom is -0.490 e. The van der Waals surface area contributed by atoms with E-state index in [1.165, 1.54) is 0 Å². The van der Waals surface area contributed by atoms with Crippen molar-refractivity contribution < 1.29 is 11.2 Å². The molecule has 0 saturated carbocycles. The van der Waals surface area contributed by atoms with Gasteiger partial charge < -0.3 is 15.2 Å². The van der Waals surface area contributed by atoms with Gasteiger partial charge in [0.15, 0.2) is 0 Å². The van der Waals surface area contributed by atoms with E-state index in [2.05, 4.69) is 5.32 Å². The number of ether oxygens (including phenoxy) is 1. The first-order valence-corrected chi connectivity index (χ1v) is 6.60. The molecule has 2 aromatic carbocycles. The van der Waals surface area contributed by atoms with E-state index >= 15 is 0 Å². The summed E-state index contributed by atoms with van der Waals surface area (Å²) in [5, 5.41) is 14.8. The number of nitrogens with one attached hydrogen (secondary N) is 1. The lowest BCUT2D eigenvalue weighted by Crippen LogP contribution is -2.35. The van der Waals surface area contributed by atoms with Gasteiger partial charge in [-0.25, -0.2) is 0 Å². The lowest BCUT2D eigenvalue weighted by atomic mass is 10.1. The monoisotopic (exact) mass is 261 g/mol. The van der Waals surface area contributed by atoms with Crippen molar-refractivity contribution in [2.24, 2.45) is 0 Å². The van der Waals surface area contributed by atoms with Crippen LogP contribution < -0.4 is 10.1 Å². The Morgan fingerprint density at radius 2 is 2.05 bits per heavy atom. The van der Waals surface area contributed by atoms with Crippen LogP contribution in [0.5, 0.6) is 5.75 Å². The van der Waals surface area contributed by atoms with E-state index in [9.17, 15) is 5.11 Å². The number of aliphatic hydroxyl groups excluding tert-OH is 1. The highest BCUT2D eigenvalue weighted by molar-refractivity contribution is 5.88. The van der Waals surface area contributed by atoms with Crippen LogP contribution in [0.1, 0.15) is 15.2 Å². The van der Waals surface area contributed by atoms with Crippen molar-refractivity contribution in [3.05, 3.63) is 42.4 Å². The zero-order valence-electron chi connectivity index (χ0n) is 12.4. The Morgan fingerprint density at radius 1 is 1.26 bits per heavy atom. The normalized spacial score (nSPS) is 13.6. The molecular weight excluding hydrogens is 238 g/mol. The van der Waals surface area contributed by atoms with Crippen molar-refractivity contribution in [1.29, 1.82) is 0 Å². The summed E-state index contributed by atoms with van der Waals surface area (Å²) in [7, 11) is 0. The number of hydrogen-bond donors (Lipinski definition) is 2. The Labute approximate surface area is 115 Å². The number of rotatable bonds is 6. The topological polar surface area (TPSA) is 41.5 Å². The van der Waals surface area contributed by atoms with Gasteiger partial charge in [-0.1, -0.05) is 50.2 Å². The summed E-state index contributed by atoms with van der Waals surface area (Å²) in [6.45, 7) is 4.81.